The molecule has 1 fully saturated rings. The monoisotopic (exact) mass is 261 g/mol. The molecule has 1 unspecified atom stereocenters. The smallest absolute Gasteiger partial charge is 0.162 e. The Morgan fingerprint density at radius 2 is 2.16 bits per heavy atom. The van der Waals surface area contributed by atoms with Crippen molar-refractivity contribution in [3.8, 4) is 0 Å². The summed E-state index contributed by atoms with van der Waals surface area (Å²) in [6.07, 6.45) is 3.63. The standard InChI is InChI=1S/C14H23N5/c1-4-11-6-5-7-19(8-11)14-12(13(15)16)9(2)10(3)17-18-14/h11H,4-8H2,1-3H3,(H3,15,16). The van der Waals surface area contributed by atoms with Gasteiger partial charge in [0.05, 0.1) is 11.3 Å². The molecule has 0 bridgehead atoms. The molecule has 3 N–H and O–H groups in total. The molecule has 5 nitrogen and oxygen atoms in total. The first-order valence-electron chi connectivity index (χ1n) is 6.97. The van der Waals surface area contributed by atoms with Gasteiger partial charge < -0.3 is 10.6 Å². The van der Waals surface area contributed by atoms with Gasteiger partial charge in [-0.05, 0) is 38.2 Å². The highest BCUT2D eigenvalue weighted by molar-refractivity contribution is 6.01. The molecule has 5 heteroatoms. The van der Waals surface area contributed by atoms with E-state index in [1.165, 1.54) is 19.3 Å². The molecule has 1 aliphatic heterocycles. The molecule has 0 aromatic carbocycles. The topological polar surface area (TPSA) is 78.9 Å². The van der Waals surface area contributed by atoms with Crippen LogP contribution < -0.4 is 10.6 Å². The fourth-order valence-electron chi connectivity index (χ4n) is 2.73. The molecule has 1 aromatic rings. The van der Waals surface area contributed by atoms with Crippen molar-refractivity contribution in [3.63, 3.8) is 0 Å². The lowest BCUT2D eigenvalue weighted by atomic mass is 9.95. The summed E-state index contributed by atoms with van der Waals surface area (Å²) in [6.45, 7) is 8.07. The Bertz CT molecular complexity index is 483. The average molecular weight is 261 g/mol. The number of nitrogen functional groups attached to an aromatic ring is 1. The van der Waals surface area contributed by atoms with E-state index >= 15 is 0 Å². The zero-order valence-corrected chi connectivity index (χ0v) is 12.0. The molecule has 1 aliphatic rings. The number of nitrogens with two attached hydrogens (primary N) is 1. The van der Waals surface area contributed by atoms with Crippen LogP contribution in [0.3, 0.4) is 0 Å². The predicted molar refractivity (Wildman–Crippen MR) is 77.8 cm³/mol. The lowest BCUT2D eigenvalue weighted by Crippen LogP contribution is -2.37. The lowest BCUT2D eigenvalue weighted by Gasteiger charge is -2.34. The van der Waals surface area contributed by atoms with Gasteiger partial charge in [-0.3, -0.25) is 5.41 Å². The molecular formula is C14H23N5. The predicted octanol–water partition coefficient (Wildman–Crippen LogP) is 2.00. The molecule has 1 saturated heterocycles. The van der Waals surface area contributed by atoms with Crippen LogP contribution in [0.1, 0.15) is 43.0 Å². The SMILES string of the molecule is CCC1CCCN(c2nnc(C)c(C)c2C(=N)N)C1. The third-order valence-corrected chi connectivity index (χ3v) is 4.10. The van der Waals surface area contributed by atoms with Crippen molar-refractivity contribution >= 4 is 11.7 Å². The summed E-state index contributed by atoms with van der Waals surface area (Å²) in [7, 11) is 0. The summed E-state index contributed by atoms with van der Waals surface area (Å²) in [5, 5.41) is 16.3. The second kappa shape index (κ2) is 5.55. The van der Waals surface area contributed by atoms with E-state index in [1.54, 1.807) is 0 Å². The summed E-state index contributed by atoms with van der Waals surface area (Å²) < 4.78 is 0. The first-order valence-corrected chi connectivity index (χ1v) is 6.97. The van der Waals surface area contributed by atoms with Gasteiger partial charge in [-0.15, -0.1) is 5.10 Å². The van der Waals surface area contributed by atoms with Gasteiger partial charge in [0.15, 0.2) is 5.82 Å². The molecule has 104 valence electrons. The highest BCUT2D eigenvalue weighted by atomic mass is 15.3. The molecule has 1 aromatic heterocycles. The highest BCUT2D eigenvalue weighted by Crippen LogP contribution is 2.27. The Hall–Kier alpha value is -1.65. The van der Waals surface area contributed by atoms with Gasteiger partial charge in [-0.1, -0.05) is 13.3 Å². The van der Waals surface area contributed by atoms with Crippen LogP contribution in [-0.4, -0.2) is 29.1 Å². The number of hydrogen-bond donors (Lipinski definition) is 2. The third-order valence-electron chi connectivity index (χ3n) is 4.10. The Kier molecular flexibility index (Phi) is 4.02. The van der Waals surface area contributed by atoms with Crippen molar-refractivity contribution in [1.29, 1.82) is 5.41 Å². The molecule has 2 rings (SSSR count). The molecular weight excluding hydrogens is 238 g/mol. The number of aromatic nitrogens is 2. The Labute approximate surface area is 114 Å². The fourth-order valence-corrected chi connectivity index (χ4v) is 2.73. The fraction of sp³-hybridized carbons (Fsp3) is 0.643. The average Bonchev–Trinajstić information content (AvgIpc) is 2.41. The van der Waals surface area contributed by atoms with E-state index in [0.29, 0.717) is 5.92 Å². The second-order valence-corrected chi connectivity index (χ2v) is 5.39. The van der Waals surface area contributed by atoms with E-state index < -0.39 is 0 Å². The molecule has 0 spiro atoms. The molecule has 0 aliphatic carbocycles. The van der Waals surface area contributed by atoms with E-state index in [1.807, 2.05) is 13.8 Å². The van der Waals surface area contributed by atoms with Crippen molar-refractivity contribution in [2.24, 2.45) is 11.7 Å². The van der Waals surface area contributed by atoms with E-state index in [0.717, 1.165) is 35.7 Å². The first-order chi connectivity index (χ1) is 9.04. The summed E-state index contributed by atoms with van der Waals surface area (Å²) >= 11 is 0. The Morgan fingerprint density at radius 1 is 1.42 bits per heavy atom. The summed E-state index contributed by atoms with van der Waals surface area (Å²) in [5.41, 5.74) is 8.31. The number of rotatable bonds is 3. The quantitative estimate of drug-likeness (QED) is 0.644. The zero-order valence-electron chi connectivity index (χ0n) is 12.0. The molecule has 0 amide bonds. The van der Waals surface area contributed by atoms with E-state index in [2.05, 4.69) is 22.0 Å². The van der Waals surface area contributed by atoms with Crippen LogP contribution in [0.15, 0.2) is 0 Å². The van der Waals surface area contributed by atoms with Crippen molar-refractivity contribution in [1.82, 2.24) is 10.2 Å². The van der Waals surface area contributed by atoms with E-state index in [9.17, 15) is 0 Å². The lowest BCUT2D eigenvalue weighted by molar-refractivity contribution is 0.402. The number of nitrogens with one attached hydrogen (secondary N) is 1. The summed E-state index contributed by atoms with van der Waals surface area (Å²) in [6, 6.07) is 0. The molecule has 0 saturated carbocycles. The summed E-state index contributed by atoms with van der Waals surface area (Å²) in [4.78, 5) is 2.24. The Balaban J connectivity index is 2.39. The first kappa shape index (κ1) is 13.8. The number of hydrogen-bond acceptors (Lipinski definition) is 4. The number of aryl methyl sites for hydroxylation is 1. The minimum Gasteiger partial charge on any atom is -0.384 e. The van der Waals surface area contributed by atoms with Gasteiger partial charge in [0.1, 0.15) is 5.84 Å². The maximum atomic E-state index is 7.81. The second-order valence-electron chi connectivity index (χ2n) is 5.39. The van der Waals surface area contributed by atoms with Gasteiger partial charge >= 0.3 is 0 Å². The van der Waals surface area contributed by atoms with E-state index in [-0.39, 0.29) is 5.84 Å². The van der Waals surface area contributed by atoms with Gasteiger partial charge in [0.2, 0.25) is 0 Å². The summed E-state index contributed by atoms with van der Waals surface area (Å²) in [5.74, 6) is 1.58. The molecule has 1 atom stereocenters. The van der Waals surface area contributed by atoms with Crippen molar-refractivity contribution < 1.29 is 0 Å². The normalized spacial score (nSPS) is 19.5. The van der Waals surface area contributed by atoms with Gasteiger partial charge in [-0.25, -0.2) is 0 Å². The zero-order chi connectivity index (χ0) is 14.0. The largest absolute Gasteiger partial charge is 0.384 e. The number of amidine groups is 1. The van der Waals surface area contributed by atoms with Crippen LogP contribution in [0.2, 0.25) is 0 Å². The van der Waals surface area contributed by atoms with Gasteiger partial charge in [0, 0.05) is 13.1 Å². The van der Waals surface area contributed by atoms with Crippen molar-refractivity contribution in [2.75, 3.05) is 18.0 Å². The minimum absolute atomic E-state index is 0.0871. The third kappa shape index (κ3) is 2.69. The maximum absolute atomic E-state index is 7.81. The molecule has 2 heterocycles. The number of nitrogens with zero attached hydrogens (tertiary/aromatic N) is 3. The molecule has 0 radical (unpaired) electrons. The van der Waals surface area contributed by atoms with Crippen LogP contribution in [0.4, 0.5) is 5.82 Å². The maximum Gasteiger partial charge on any atom is 0.162 e. The van der Waals surface area contributed by atoms with Crippen LogP contribution in [0.25, 0.3) is 0 Å². The van der Waals surface area contributed by atoms with E-state index in [4.69, 9.17) is 11.1 Å². The van der Waals surface area contributed by atoms with Gasteiger partial charge in [-0.2, -0.15) is 5.10 Å². The molecule has 19 heavy (non-hydrogen) atoms. The Morgan fingerprint density at radius 3 is 2.79 bits per heavy atom. The van der Waals surface area contributed by atoms with Gasteiger partial charge in [0.25, 0.3) is 0 Å². The van der Waals surface area contributed by atoms with Crippen LogP contribution >= 0.6 is 0 Å². The number of anilines is 1. The minimum atomic E-state index is 0.0871. The van der Waals surface area contributed by atoms with Crippen molar-refractivity contribution in [2.45, 2.75) is 40.0 Å². The van der Waals surface area contributed by atoms with Crippen LogP contribution in [-0.2, 0) is 0 Å². The van der Waals surface area contributed by atoms with Crippen LogP contribution in [0, 0.1) is 25.2 Å². The number of piperidine rings is 1. The highest BCUT2D eigenvalue weighted by Gasteiger charge is 2.24. The van der Waals surface area contributed by atoms with Crippen LogP contribution in [0.5, 0.6) is 0 Å². The van der Waals surface area contributed by atoms with Crippen molar-refractivity contribution in [3.05, 3.63) is 16.8 Å².